The zero-order valence-electron chi connectivity index (χ0n) is 7.44. The van der Waals surface area contributed by atoms with E-state index in [4.69, 9.17) is 11.6 Å². The second-order valence-corrected chi connectivity index (χ2v) is 3.79. The van der Waals surface area contributed by atoms with Crippen LogP contribution in [0.4, 0.5) is 0 Å². The van der Waals surface area contributed by atoms with Gasteiger partial charge >= 0.3 is 29.6 Å². The first-order valence-corrected chi connectivity index (χ1v) is 5.03. The summed E-state index contributed by atoms with van der Waals surface area (Å²) >= 11 is 5.58. The smallest absolute Gasteiger partial charge is 0.726 e. The fraction of sp³-hybridized carbons (Fsp3) is 0.143. The Balaban J connectivity index is 0.00000169. The SMILES string of the molecule is O=S(=O)([O-])OCc1ccc(Cl)cc1.[Na+]. The van der Waals surface area contributed by atoms with Gasteiger partial charge in [0, 0.05) is 5.02 Å². The Kier molecular flexibility index (Phi) is 6.24. The fourth-order valence-electron chi connectivity index (χ4n) is 0.721. The Bertz CT molecular complexity index is 375. The van der Waals surface area contributed by atoms with Gasteiger partial charge in [-0.05, 0) is 17.7 Å². The average Bonchev–Trinajstić information content (AvgIpc) is 2.02. The minimum atomic E-state index is -4.62. The zero-order chi connectivity index (χ0) is 9.90. The monoisotopic (exact) mass is 244 g/mol. The van der Waals surface area contributed by atoms with Gasteiger partial charge in [0.25, 0.3) is 0 Å². The first-order chi connectivity index (χ1) is 5.97. The van der Waals surface area contributed by atoms with E-state index < -0.39 is 10.4 Å². The van der Waals surface area contributed by atoms with Gasteiger partial charge in [-0.2, -0.15) is 0 Å². The molecule has 4 nitrogen and oxygen atoms in total. The molecule has 1 aromatic carbocycles. The van der Waals surface area contributed by atoms with Crippen molar-refractivity contribution in [1.82, 2.24) is 0 Å². The van der Waals surface area contributed by atoms with Crippen molar-refractivity contribution in [2.24, 2.45) is 0 Å². The molecule has 0 saturated carbocycles. The Morgan fingerprint density at radius 1 is 1.29 bits per heavy atom. The average molecular weight is 245 g/mol. The Morgan fingerprint density at radius 3 is 2.21 bits per heavy atom. The normalized spacial score (nSPS) is 10.7. The molecule has 0 aliphatic carbocycles. The molecule has 0 bridgehead atoms. The van der Waals surface area contributed by atoms with Crippen LogP contribution in [0.15, 0.2) is 24.3 Å². The third kappa shape index (κ3) is 5.98. The fourth-order valence-corrected chi connectivity index (χ4v) is 1.13. The van der Waals surface area contributed by atoms with Crippen LogP contribution >= 0.6 is 11.6 Å². The van der Waals surface area contributed by atoms with Gasteiger partial charge in [-0.1, -0.05) is 23.7 Å². The molecule has 0 N–H and O–H groups in total. The molecule has 7 heteroatoms. The minimum absolute atomic E-state index is 0. The van der Waals surface area contributed by atoms with E-state index in [1.54, 1.807) is 24.3 Å². The molecular weight excluding hydrogens is 239 g/mol. The van der Waals surface area contributed by atoms with Crippen molar-refractivity contribution in [3.05, 3.63) is 34.9 Å². The van der Waals surface area contributed by atoms with Gasteiger partial charge in [0.1, 0.15) is 0 Å². The third-order valence-electron chi connectivity index (χ3n) is 1.28. The summed E-state index contributed by atoms with van der Waals surface area (Å²) in [6.45, 7) is -0.261. The van der Waals surface area contributed by atoms with Crippen molar-refractivity contribution >= 4 is 22.0 Å². The predicted molar refractivity (Wildman–Crippen MR) is 45.9 cm³/mol. The first kappa shape index (κ1) is 14.4. The summed E-state index contributed by atoms with van der Waals surface area (Å²) in [6.07, 6.45) is 0. The van der Waals surface area contributed by atoms with Crippen molar-refractivity contribution < 1.29 is 46.7 Å². The van der Waals surface area contributed by atoms with Crippen LogP contribution in [0, 0.1) is 0 Å². The maximum absolute atomic E-state index is 10.1. The summed E-state index contributed by atoms with van der Waals surface area (Å²) in [4.78, 5) is 0. The van der Waals surface area contributed by atoms with Crippen LogP contribution in [0.5, 0.6) is 0 Å². The molecule has 0 aliphatic heterocycles. The van der Waals surface area contributed by atoms with Crippen molar-refractivity contribution in [3.8, 4) is 0 Å². The summed E-state index contributed by atoms with van der Waals surface area (Å²) in [6, 6.07) is 6.32. The summed E-state index contributed by atoms with van der Waals surface area (Å²) in [5.74, 6) is 0. The molecule has 0 atom stereocenters. The van der Waals surface area contributed by atoms with E-state index in [0.717, 1.165) is 0 Å². The van der Waals surface area contributed by atoms with Gasteiger partial charge in [-0.3, -0.25) is 4.18 Å². The maximum atomic E-state index is 10.1. The summed E-state index contributed by atoms with van der Waals surface area (Å²) < 4.78 is 34.2. The number of rotatable bonds is 3. The molecule has 14 heavy (non-hydrogen) atoms. The molecular formula is C7H6ClNaO4S. The van der Waals surface area contributed by atoms with Crippen molar-refractivity contribution in [1.29, 1.82) is 0 Å². The van der Waals surface area contributed by atoms with Crippen LogP contribution in [0.3, 0.4) is 0 Å². The molecule has 0 heterocycles. The van der Waals surface area contributed by atoms with E-state index in [1.807, 2.05) is 0 Å². The van der Waals surface area contributed by atoms with Crippen LogP contribution in [0.1, 0.15) is 5.56 Å². The largest absolute Gasteiger partial charge is 1.00 e. The number of benzene rings is 1. The molecule has 0 aromatic heterocycles. The summed E-state index contributed by atoms with van der Waals surface area (Å²) in [7, 11) is -4.62. The summed E-state index contributed by atoms with van der Waals surface area (Å²) in [5.41, 5.74) is 0.573. The topological polar surface area (TPSA) is 66.4 Å². The molecule has 0 aliphatic rings. The van der Waals surface area contributed by atoms with E-state index in [0.29, 0.717) is 10.6 Å². The van der Waals surface area contributed by atoms with E-state index in [9.17, 15) is 13.0 Å². The van der Waals surface area contributed by atoms with Crippen LogP contribution < -0.4 is 29.6 Å². The van der Waals surface area contributed by atoms with Gasteiger partial charge in [0.15, 0.2) is 0 Å². The van der Waals surface area contributed by atoms with Crippen LogP contribution in [0.25, 0.3) is 0 Å². The molecule has 1 aromatic rings. The van der Waals surface area contributed by atoms with E-state index in [1.165, 1.54) is 0 Å². The molecule has 0 radical (unpaired) electrons. The van der Waals surface area contributed by atoms with Crippen molar-refractivity contribution in [2.45, 2.75) is 6.61 Å². The molecule has 0 amide bonds. The van der Waals surface area contributed by atoms with Gasteiger partial charge in [-0.25, -0.2) is 8.42 Å². The Hall–Kier alpha value is 0.380. The molecule has 72 valence electrons. The van der Waals surface area contributed by atoms with Crippen molar-refractivity contribution in [3.63, 3.8) is 0 Å². The van der Waals surface area contributed by atoms with Crippen LogP contribution in [0.2, 0.25) is 5.02 Å². The summed E-state index contributed by atoms with van der Waals surface area (Å²) in [5, 5.41) is 0.536. The van der Waals surface area contributed by atoms with Gasteiger partial charge in [0.05, 0.1) is 6.61 Å². The second kappa shape index (κ2) is 6.07. The minimum Gasteiger partial charge on any atom is -0.726 e. The van der Waals surface area contributed by atoms with E-state index >= 15 is 0 Å². The second-order valence-electron chi connectivity index (χ2n) is 2.30. The molecule has 1 rings (SSSR count). The number of hydrogen-bond donors (Lipinski definition) is 0. The van der Waals surface area contributed by atoms with Crippen LogP contribution in [-0.4, -0.2) is 13.0 Å². The quantitative estimate of drug-likeness (QED) is 0.362. The number of halogens is 1. The molecule has 0 unspecified atom stereocenters. The predicted octanol–water partition coefficient (Wildman–Crippen LogP) is -1.68. The third-order valence-corrected chi connectivity index (χ3v) is 1.94. The van der Waals surface area contributed by atoms with Gasteiger partial charge in [0.2, 0.25) is 10.4 Å². The first-order valence-electron chi connectivity index (χ1n) is 3.32. The Labute approximate surface area is 109 Å². The van der Waals surface area contributed by atoms with E-state index in [-0.39, 0.29) is 36.2 Å². The van der Waals surface area contributed by atoms with Crippen molar-refractivity contribution in [2.75, 3.05) is 0 Å². The zero-order valence-corrected chi connectivity index (χ0v) is 11.0. The Morgan fingerprint density at radius 2 is 1.79 bits per heavy atom. The molecule has 0 saturated heterocycles. The van der Waals surface area contributed by atoms with Gasteiger partial charge < -0.3 is 4.55 Å². The molecule has 0 spiro atoms. The number of hydrogen-bond acceptors (Lipinski definition) is 4. The van der Waals surface area contributed by atoms with Gasteiger partial charge in [-0.15, -0.1) is 0 Å². The van der Waals surface area contributed by atoms with Crippen LogP contribution in [-0.2, 0) is 21.2 Å². The van der Waals surface area contributed by atoms with E-state index in [2.05, 4.69) is 4.18 Å². The molecule has 0 fully saturated rings. The standard InChI is InChI=1S/C7H7ClO4S.Na/c8-7-3-1-6(2-4-7)5-12-13(9,10)11;/h1-4H,5H2,(H,9,10,11);/q;+1/p-1. The maximum Gasteiger partial charge on any atom is 1.00 e.